The number of hydrogen-bond donors (Lipinski definition) is 2. The molecule has 0 saturated carbocycles. The summed E-state index contributed by atoms with van der Waals surface area (Å²) in [5.74, 6) is 0. The molecule has 1 radical (unpaired) electrons. The zero-order valence-corrected chi connectivity index (χ0v) is 8.16. The van der Waals surface area contributed by atoms with E-state index in [-0.39, 0.29) is 18.9 Å². The van der Waals surface area contributed by atoms with Crippen LogP contribution in [-0.2, 0) is 0 Å². The smallest absolute Gasteiger partial charge is 0.0267 e. The molecule has 2 N–H and O–H groups in total. The quantitative estimate of drug-likeness (QED) is 0.536. The summed E-state index contributed by atoms with van der Waals surface area (Å²) >= 11 is 0. The molecule has 0 atom stereocenters. The molecule has 2 rings (SSSR count). The number of nitrogens with zero attached hydrogens (tertiary/aromatic N) is 1. The van der Waals surface area contributed by atoms with Crippen molar-refractivity contribution in [1.82, 2.24) is 15.6 Å². The molecule has 1 saturated heterocycles. The summed E-state index contributed by atoms with van der Waals surface area (Å²) in [7, 11) is 0. The minimum atomic E-state index is 0. The maximum absolute atomic E-state index is 3.78. The number of pyridine rings is 1. The van der Waals surface area contributed by atoms with Crippen LogP contribution in [0.3, 0.4) is 0 Å². The molecule has 0 unspecified atom stereocenters. The molecule has 0 bridgehead atoms. The predicted molar refractivity (Wildman–Crippen MR) is 55.7 cm³/mol. The third-order valence-corrected chi connectivity index (χ3v) is 1.52. The van der Waals surface area contributed by atoms with Gasteiger partial charge in [-0.3, -0.25) is 4.98 Å². The van der Waals surface area contributed by atoms with Gasteiger partial charge in [0.05, 0.1) is 0 Å². The maximum Gasteiger partial charge on any atom is 0.0267 e. The zero-order valence-electron chi connectivity index (χ0n) is 8.16. The van der Waals surface area contributed by atoms with Gasteiger partial charge in [-0.15, -0.1) is 0 Å². The summed E-state index contributed by atoms with van der Waals surface area (Å²) in [4.78, 5) is 3.78. The second kappa shape index (κ2) is 9.75. The Morgan fingerprint density at radius 3 is 1.38 bits per heavy atom. The molecule has 1 aliphatic rings. The average molecular weight is 172 g/mol. The van der Waals surface area contributed by atoms with Crippen LogP contribution in [0.5, 0.6) is 0 Å². The molecule has 2 heterocycles. The zero-order chi connectivity index (χ0) is 8.49. The molecule has 0 amide bonds. The number of nitrogens with one attached hydrogen (secondary N) is 2. The van der Waals surface area contributed by atoms with Crippen LogP contribution in [0.4, 0.5) is 0 Å². The Labute approximate surface area is 91.5 Å². The van der Waals surface area contributed by atoms with Crippen molar-refractivity contribution in [3.8, 4) is 0 Å². The number of piperazine rings is 1. The van der Waals surface area contributed by atoms with Gasteiger partial charge in [-0.25, -0.2) is 0 Å². The normalized spacial score (nSPS) is 14.8. The predicted octanol–water partition coefficient (Wildman–Crippen LogP) is -0.120. The van der Waals surface area contributed by atoms with Crippen molar-refractivity contribution in [2.75, 3.05) is 26.2 Å². The summed E-state index contributed by atoms with van der Waals surface area (Å²) in [6.07, 6.45) is 3.50. The first-order chi connectivity index (χ1) is 6.00. The molecule has 67 valence electrons. The van der Waals surface area contributed by atoms with Crippen molar-refractivity contribution >= 4 is 18.9 Å². The summed E-state index contributed by atoms with van der Waals surface area (Å²) < 4.78 is 0. The average Bonchev–Trinajstić information content (AvgIpc) is 2.24. The summed E-state index contributed by atoms with van der Waals surface area (Å²) in [6.45, 7) is 4.56. The Kier molecular flexibility index (Phi) is 9.50. The second-order valence-corrected chi connectivity index (χ2v) is 2.52. The maximum atomic E-state index is 3.78. The Hall–Kier alpha value is -0.333. The third kappa shape index (κ3) is 8.01. The first kappa shape index (κ1) is 12.7. The molecule has 13 heavy (non-hydrogen) atoms. The molecule has 0 aliphatic carbocycles. The SMILES string of the molecule is C1CNCCN1.[Li].c1ccncc1. The van der Waals surface area contributed by atoms with E-state index in [1.165, 1.54) is 0 Å². The van der Waals surface area contributed by atoms with Crippen molar-refractivity contribution in [3.63, 3.8) is 0 Å². The molecule has 1 fully saturated rings. The Morgan fingerprint density at radius 1 is 0.769 bits per heavy atom. The molecular weight excluding hydrogens is 157 g/mol. The minimum Gasteiger partial charge on any atom is -0.314 e. The van der Waals surface area contributed by atoms with Crippen LogP contribution in [-0.4, -0.2) is 50.0 Å². The van der Waals surface area contributed by atoms with Gasteiger partial charge in [-0.2, -0.15) is 0 Å². The standard InChI is InChI=1S/C5H5N.C4H10N2.Li/c1-2-4-6-5-3-1;1-2-6-4-3-5-1;/h1-5H;5-6H,1-4H2;. The van der Waals surface area contributed by atoms with E-state index in [4.69, 9.17) is 0 Å². The number of aromatic nitrogens is 1. The van der Waals surface area contributed by atoms with E-state index in [9.17, 15) is 0 Å². The topological polar surface area (TPSA) is 37.0 Å². The monoisotopic (exact) mass is 172 g/mol. The van der Waals surface area contributed by atoms with Crippen LogP contribution in [0.15, 0.2) is 30.6 Å². The summed E-state index contributed by atoms with van der Waals surface area (Å²) in [5.41, 5.74) is 0. The van der Waals surface area contributed by atoms with E-state index >= 15 is 0 Å². The third-order valence-electron chi connectivity index (χ3n) is 1.52. The van der Waals surface area contributed by atoms with Crippen molar-refractivity contribution in [2.45, 2.75) is 0 Å². The van der Waals surface area contributed by atoms with E-state index in [2.05, 4.69) is 15.6 Å². The van der Waals surface area contributed by atoms with Crippen LogP contribution >= 0.6 is 0 Å². The van der Waals surface area contributed by atoms with Crippen LogP contribution in [0.1, 0.15) is 0 Å². The van der Waals surface area contributed by atoms with Crippen molar-refractivity contribution < 1.29 is 0 Å². The van der Waals surface area contributed by atoms with Crippen molar-refractivity contribution in [3.05, 3.63) is 30.6 Å². The minimum absolute atomic E-state index is 0. The van der Waals surface area contributed by atoms with Crippen molar-refractivity contribution in [2.24, 2.45) is 0 Å². The molecule has 1 aromatic rings. The van der Waals surface area contributed by atoms with Gasteiger partial charge in [0.25, 0.3) is 0 Å². The van der Waals surface area contributed by atoms with Crippen LogP contribution in [0, 0.1) is 0 Å². The fourth-order valence-corrected chi connectivity index (χ4v) is 0.916. The van der Waals surface area contributed by atoms with E-state index in [0.29, 0.717) is 0 Å². The molecule has 0 spiro atoms. The van der Waals surface area contributed by atoms with E-state index in [0.717, 1.165) is 26.2 Å². The molecule has 1 aromatic heterocycles. The van der Waals surface area contributed by atoms with Crippen LogP contribution in [0.25, 0.3) is 0 Å². The second-order valence-electron chi connectivity index (χ2n) is 2.52. The number of hydrogen-bond acceptors (Lipinski definition) is 3. The van der Waals surface area contributed by atoms with E-state index in [1.807, 2.05) is 18.2 Å². The summed E-state index contributed by atoms with van der Waals surface area (Å²) in [6, 6.07) is 5.72. The first-order valence-corrected chi connectivity index (χ1v) is 4.26. The Morgan fingerprint density at radius 2 is 1.23 bits per heavy atom. The van der Waals surface area contributed by atoms with Gasteiger partial charge in [-0.1, -0.05) is 6.07 Å². The molecule has 1 aliphatic heterocycles. The molecule has 0 aromatic carbocycles. The number of rotatable bonds is 0. The fraction of sp³-hybridized carbons (Fsp3) is 0.444. The Bertz CT molecular complexity index is 139. The fourth-order valence-electron chi connectivity index (χ4n) is 0.916. The first-order valence-electron chi connectivity index (χ1n) is 4.26. The van der Waals surface area contributed by atoms with Gasteiger partial charge in [0.15, 0.2) is 0 Å². The van der Waals surface area contributed by atoms with Gasteiger partial charge in [0.1, 0.15) is 0 Å². The van der Waals surface area contributed by atoms with Gasteiger partial charge >= 0.3 is 0 Å². The van der Waals surface area contributed by atoms with Crippen LogP contribution in [0.2, 0.25) is 0 Å². The van der Waals surface area contributed by atoms with Gasteiger partial charge in [-0.05, 0) is 12.1 Å². The van der Waals surface area contributed by atoms with E-state index in [1.54, 1.807) is 12.4 Å². The van der Waals surface area contributed by atoms with E-state index < -0.39 is 0 Å². The summed E-state index contributed by atoms with van der Waals surface area (Å²) in [5, 5.41) is 6.44. The van der Waals surface area contributed by atoms with Crippen molar-refractivity contribution in [1.29, 1.82) is 0 Å². The van der Waals surface area contributed by atoms with Gasteiger partial charge in [0, 0.05) is 57.4 Å². The Balaban J connectivity index is 0.000000206. The van der Waals surface area contributed by atoms with Gasteiger partial charge in [0.2, 0.25) is 0 Å². The molecule has 4 heteroatoms. The molecule has 3 nitrogen and oxygen atoms in total. The van der Waals surface area contributed by atoms with Gasteiger partial charge < -0.3 is 10.6 Å². The molecular formula is C9H15LiN3. The van der Waals surface area contributed by atoms with Crippen LogP contribution < -0.4 is 10.6 Å². The largest absolute Gasteiger partial charge is 0.314 e.